The molecule has 9 heteroatoms. The van der Waals surface area contributed by atoms with Gasteiger partial charge in [0.2, 0.25) is 0 Å². The fourth-order valence-electron chi connectivity index (χ4n) is 1.76. The molecule has 2 rings (SSSR count). The number of benzene rings is 1. The molecular weight excluding hydrogens is 314 g/mol. The lowest BCUT2D eigenvalue weighted by Gasteiger charge is -2.11. The minimum absolute atomic E-state index is 0.180. The van der Waals surface area contributed by atoms with Gasteiger partial charge in [0, 0.05) is 0 Å². The first-order chi connectivity index (χ1) is 11.6. The van der Waals surface area contributed by atoms with Crippen molar-refractivity contribution in [3.8, 4) is 0 Å². The lowest BCUT2D eigenvalue weighted by Crippen LogP contribution is -2.34. The number of carbonyl (C=O) groups is 3. The van der Waals surface area contributed by atoms with Crippen LogP contribution in [0, 0.1) is 0 Å². The summed E-state index contributed by atoms with van der Waals surface area (Å²) < 4.78 is 6.26. The van der Waals surface area contributed by atoms with Gasteiger partial charge in [-0.05, 0) is 18.6 Å². The molecule has 0 radical (unpaired) electrons. The zero-order valence-corrected chi connectivity index (χ0v) is 13.1. The van der Waals surface area contributed by atoms with Crippen LogP contribution in [0.25, 0.3) is 0 Å². The largest absolute Gasteiger partial charge is 0.462 e. The molecule has 24 heavy (non-hydrogen) atoms. The Bertz CT molecular complexity index is 714. The summed E-state index contributed by atoms with van der Waals surface area (Å²) >= 11 is 0. The molecular formula is C15H17N5O4. The van der Waals surface area contributed by atoms with Gasteiger partial charge in [0.05, 0.1) is 17.9 Å². The molecule has 126 valence electrons. The number of para-hydroxylation sites is 1. The summed E-state index contributed by atoms with van der Waals surface area (Å²) in [5, 5.41) is 9.38. The summed E-state index contributed by atoms with van der Waals surface area (Å²) in [7, 11) is 0. The Morgan fingerprint density at radius 3 is 2.54 bits per heavy atom. The van der Waals surface area contributed by atoms with E-state index in [-0.39, 0.29) is 11.3 Å². The molecule has 2 aromatic rings. The number of hydrogen-bond acceptors (Lipinski definition) is 6. The van der Waals surface area contributed by atoms with Gasteiger partial charge in [0.15, 0.2) is 0 Å². The van der Waals surface area contributed by atoms with E-state index in [1.807, 2.05) is 6.92 Å². The summed E-state index contributed by atoms with van der Waals surface area (Å²) in [4.78, 5) is 35.8. The summed E-state index contributed by atoms with van der Waals surface area (Å²) in [5.74, 6) is -2.42. The number of rotatable bonds is 6. The quantitative estimate of drug-likeness (QED) is 0.462. The summed E-state index contributed by atoms with van der Waals surface area (Å²) in [5.41, 5.74) is 2.63. The highest BCUT2D eigenvalue weighted by Crippen LogP contribution is 2.16. The van der Waals surface area contributed by atoms with Crippen LogP contribution < -0.4 is 10.7 Å². The van der Waals surface area contributed by atoms with Crippen molar-refractivity contribution in [2.75, 3.05) is 17.3 Å². The Morgan fingerprint density at radius 1 is 1.12 bits per heavy atom. The van der Waals surface area contributed by atoms with Crippen LogP contribution in [0.15, 0.2) is 36.9 Å². The van der Waals surface area contributed by atoms with E-state index in [1.54, 1.807) is 12.1 Å². The van der Waals surface area contributed by atoms with Crippen LogP contribution in [0.5, 0.6) is 0 Å². The number of unbranched alkanes of at least 4 members (excludes halogenated alkanes) is 1. The van der Waals surface area contributed by atoms with Crippen LogP contribution in [0.3, 0.4) is 0 Å². The van der Waals surface area contributed by atoms with Gasteiger partial charge in [-0.15, -0.1) is 10.2 Å². The van der Waals surface area contributed by atoms with Crippen LogP contribution in [0.2, 0.25) is 0 Å². The minimum atomic E-state index is -0.933. The molecule has 1 aromatic heterocycles. The van der Waals surface area contributed by atoms with E-state index in [2.05, 4.69) is 20.9 Å². The number of aromatic nitrogens is 3. The molecule has 9 nitrogen and oxygen atoms in total. The minimum Gasteiger partial charge on any atom is -0.462 e. The zero-order valence-electron chi connectivity index (χ0n) is 13.1. The molecule has 0 saturated carbocycles. The molecule has 0 fully saturated rings. The first kappa shape index (κ1) is 17.1. The molecule has 1 aromatic carbocycles. The molecule has 0 atom stereocenters. The molecule has 0 bridgehead atoms. The maximum absolute atomic E-state index is 12.1. The normalized spacial score (nSPS) is 10.0. The summed E-state index contributed by atoms with van der Waals surface area (Å²) in [6, 6.07) is 6.31. The van der Waals surface area contributed by atoms with E-state index < -0.39 is 17.8 Å². The van der Waals surface area contributed by atoms with Crippen LogP contribution in [-0.2, 0) is 14.3 Å². The fraction of sp³-hybridized carbons (Fsp3) is 0.267. The van der Waals surface area contributed by atoms with Crippen LogP contribution >= 0.6 is 0 Å². The Morgan fingerprint density at radius 2 is 1.83 bits per heavy atom. The molecule has 0 aliphatic heterocycles. The SMILES string of the molecule is CCCCOC(=O)c1ccccc1NC(=O)C(=O)Nn1cnnc1. The predicted molar refractivity (Wildman–Crippen MR) is 84.7 cm³/mol. The highest BCUT2D eigenvalue weighted by molar-refractivity contribution is 6.42. The lowest BCUT2D eigenvalue weighted by molar-refractivity contribution is -0.133. The van der Waals surface area contributed by atoms with Crippen molar-refractivity contribution in [1.29, 1.82) is 0 Å². The van der Waals surface area contributed by atoms with E-state index in [9.17, 15) is 14.4 Å². The van der Waals surface area contributed by atoms with Gasteiger partial charge in [-0.25, -0.2) is 9.47 Å². The van der Waals surface area contributed by atoms with Gasteiger partial charge < -0.3 is 10.1 Å². The smallest absolute Gasteiger partial charge is 0.340 e. The summed E-state index contributed by atoms with van der Waals surface area (Å²) in [6.45, 7) is 2.28. The van der Waals surface area contributed by atoms with Crippen molar-refractivity contribution in [3.05, 3.63) is 42.5 Å². The van der Waals surface area contributed by atoms with Crippen LogP contribution in [0.4, 0.5) is 5.69 Å². The predicted octanol–water partition coefficient (Wildman–Crippen LogP) is 0.944. The van der Waals surface area contributed by atoms with Crippen molar-refractivity contribution < 1.29 is 19.1 Å². The van der Waals surface area contributed by atoms with Crippen molar-refractivity contribution in [1.82, 2.24) is 14.9 Å². The average molecular weight is 331 g/mol. The molecule has 0 unspecified atom stereocenters. The lowest BCUT2D eigenvalue weighted by atomic mass is 10.2. The monoisotopic (exact) mass is 331 g/mol. The number of esters is 1. The first-order valence-electron chi connectivity index (χ1n) is 7.35. The maximum Gasteiger partial charge on any atom is 0.340 e. The van der Waals surface area contributed by atoms with Gasteiger partial charge >= 0.3 is 17.8 Å². The number of nitrogens with zero attached hydrogens (tertiary/aromatic N) is 3. The highest BCUT2D eigenvalue weighted by atomic mass is 16.5. The van der Waals surface area contributed by atoms with Gasteiger partial charge in [-0.3, -0.25) is 15.0 Å². The second-order valence-electron chi connectivity index (χ2n) is 4.80. The Labute approximate surface area is 138 Å². The molecule has 0 aliphatic carbocycles. The number of hydrogen-bond donors (Lipinski definition) is 2. The molecule has 2 N–H and O–H groups in total. The van der Waals surface area contributed by atoms with Crippen molar-refractivity contribution in [2.45, 2.75) is 19.8 Å². The maximum atomic E-state index is 12.1. The average Bonchev–Trinajstić information content (AvgIpc) is 3.08. The number of nitrogens with one attached hydrogen (secondary N) is 2. The first-order valence-corrected chi connectivity index (χ1v) is 7.35. The van der Waals surface area contributed by atoms with E-state index in [0.29, 0.717) is 6.61 Å². The Kier molecular flexibility index (Phi) is 6.01. The molecule has 1 heterocycles. The number of anilines is 1. The molecule has 0 aliphatic rings. The molecule has 0 saturated heterocycles. The molecule has 2 amide bonds. The number of amides is 2. The van der Waals surface area contributed by atoms with Crippen molar-refractivity contribution in [3.63, 3.8) is 0 Å². The van der Waals surface area contributed by atoms with Gasteiger partial charge in [0.1, 0.15) is 12.7 Å². The summed E-state index contributed by atoms with van der Waals surface area (Å²) in [6.07, 6.45) is 4.10. The Balaban J connectivity index is 2.02. The van der Waals surface area contributed by atoms with E-state index in [1.165, 1.54) is 24.8 Å². The molecule has 0 spiro atoms. The van der Waals surface area contributed by atoms with E-state index >= 15 is 0 Å². The fourth-order valence-corrected chi connectivity index (χ4v) is 1.76. The third-order valence-electron chi connectivity index (χ3n) is 2.98. The third kappa shape index (κ3) is 4.63. The van der Waals surface area contributed by atoms with Gasteiger partial charge in [-0.1, -0.05) is 25.5 Å². The third-order valence-corrected chi connectivity index (χ3v) is 2.98. The number of ether oxygens (including phenoxy) is 1. The van der Waals surface area contributed by atoms with Crippen molar-refractivity contribution in [2.24, 2.45) is 0 Å². The zero-order chi connectivity index (χ0) is 17.4. The van der Waals surface area contributed by atoms with Crippen LogP contribution in [0.1, 0.15) is 30.1 Å². The number of carbonyl (C=O) groups excluding carboxylic acids is 3. The standard InChI is InChI=1S/C15H17N5O4/c1-2-3-8-24-15(23)11-6-4-5-7-12(11)18-13(21)14(22)19-20-9-16-17-10-20/h4-7,9-10H,2-3,8H2,1H3,(H,18,21)(H,19,22). The second kappa shape index (κ2) is 8.42. The van der Waals surface area contributed by atoms with Gasteiger partial charge in [0.25, 0.3) is 0 Å². The highest BCUT2D eigenvalue weighted by Gasteiger charge is 2.18. The Hall–Kier alpha value is -3.23. The van der Waals surface area contributed by atoms with E-state index in [4.69, 9.17) is 4.74 Å². The topological polar surface area (TPSA) is 115 Å². The van der Waals surface area contributed by atoms with Crippen molar-refractivity contribution >= 4 is 23.5 Å². The van der Waals surface area contributed by atoms with Crippen LogP contribution in [-0.4, -0.2) is 39.3 Å². The van der Waals surface area contributed by atoms with E-state index in [0.717, 1.165) is 17.5 Å². The second-order valence-corrected chi connectivity index (χ2v) is 4.80. The van der Waals surface area contributed by atoms with Gasteiger partial charge in [-0.2, -0.15) is 0 Å².